The number of hydrogen-bond donors (Lipinski definition) is 11. The molecule has 0 spiro atoms. The summed E-state index contributed by atoms with van der Waals surface area (Å²) in [6, 6.07) is -0.979. The number of aliphatic hydroxyl groups is 3. The number of primary amides is 1. The third-order valence-corrected chi connectivity index (χ3v) is 5.89. The van der Waals surface area contributed by atoms with Crippen molar-refractivity contribution in [2.75, 3.05) is 0 Å². The highest BCUT2D eigenvalue weighted by atomic mass is 31.3. The van der Waals surface area contributed by atoms with Crippen LogP contribution >= 0.6 is 23.5 Å². The van der Waals surface area contributed by atoms with Crippen molar-refractivity contribution in [1.82, 2.24) is 0 Å². The van der Waals surface area contributed by atoms with Gasteiger partial charge in [-0.15, -0.1) is 0 Å². The summed E-state index contributed by atoms with van der Waals surface area (Å²) in [5.74, 6) is -1.64. The van der Waals surface area contributed by atoms with E-state index in [0.717, 1.165) is 0 Å². The fourth-order valence-electron chi connectivity index (χ4n) is 1.90. The van der Waals surface area contributed by atoms with E-state index in [9.17, 15) is 38.6 Å². The first kappa shape index (κ1) is 32.1. The molecule has 0 aliphatic carbocycles. The number of carboxylic acids is 1. The van der Waals surface area contributed by atoms with Gasteiger partial charge in [-0.3, -0.25) is 18.6 Å². The number of carboxylic acid groups (broad SMARTS) is 1. The minimum Gasteiger partial charge on any atom is -0.480 e. The van der Waals surface area contributed by atoms with Crippen LogP contribution in [0.25, 0.3) is 0 Å². The van der Waals surface area contributed by atoms with Gasteiger partial charge in [0.2, 0.25) is 5.91 Å². The number of hydrogen-bond acceptors (Lipinski definition) is 13. The number of phosphoric acid groups is 3. The number of carbonyl (C=O) groups is 2. The standard InChI is InChI=1S/C5H10N2O3.C5H13O15P3/c6-3(5(9)10)1-2-4(7)8;6-1-2(7)5(19-23(15,16)20-22(12,13)14)17-3(1)4(8)18-21(9,10)11/h3H,1-2,6H2,(H2,7,8)(H,9,10);1-8H,(H,15,16)(H2,9,10,11)(H2,12,13,14)/t3-;1-,2+,3-,4?,5?/m00/s1. The first-order chi connectivity index (χ1) is 14.6. The molecular weight excluding hydrogens is 529 g/mol. The van der Waals surface area contributed by atoms with E-state index in [4.69, 9.17) is 41.0 Å². The molecular formula is C10H23N2O18P3. The molecule has 13 N–H and O–H groups in total. The summed E-state index contributed by atoms with van der Waals surface area (Å²) in [6.07, 6.45) is -10.9. The van der Waals surface area contributed by atoms with Crippen molar-refractivity contribution in [2.45, 2.75) is 49.8 Å². The van der Waals surface area contributed by atoms with Crippen LogP contribution in [-0.4, -0.2) is 93.7 Å². The molecule has 20 nitrogen and oxygen atoms in total. The zero-order chi connectivity index (χ0) is 26.4. The third-order valence-electron chi connectivity index (χ3n) is 3.25. The highest BCUT2D eigenvalue weighted by molar-refractivity contribution is 7.60. The number of rotatable bonds is 11. The summed E-state index contributed by atoms with van der Waals surface area (Å²) in [5, 5.41) is 36.5. The Bertz CT molecular complexity index is 811. The first-order valence-corrected chi connectivity index (χ1v) is 12.7. The van der Waals surface area contributed by atoms with Crippen molar-refractivity contribution in [3.8, 4) is 0 Å². The molecule has 1 aliphatic heterocycles. The van der Waals surface area contributed by atoms with Gasteiger partial charge in [0.1, 0.15) is 24.4 Å². The zero-order valence-electron chi connectivity index (χ0n) is 16.1. The predicted octanol–water partition coefficient (Wildman–Crippen LogP) is -4.25. The lowest BCUT2D eigenvalue weighted by molar-refractivity contribution is -0.182. The summed E-state index contributed by atoms with van der Waals surface area (Å²) in [4.78, 5) is 62.9. The van der Waals surface area contributed by atoms with Gasteiger partial charge in [0.25, 0.3) is 0 Å². The van der Waals surface area contributed by atoms with E-state index in [-0.39, 0.29) is 12.8 Å². The molecule has 0 saturated carbocycles. The fourth-order valence-corrected chi connectivity index (χ4v) is 3.97. The second-order valence-corrected chi connectivity index (χ2v) is 10.0. The largest absolute Gasteiger partial charge is 0.483 e. The van der Waals surface area contributed by atoms with E-state index in [1.165, 1.54) is 0 Å². The van der Waals surface area contributed by atoms with Gasteiger partial charge in [0, 0.05) is 6.42 Å². The third kappa shape index (κ3) is 13.5. The molecule has 7 atom stereocenters. The van der Waals surface area contributed by atoms with Gasteiger partial charge in [-0.05, 0) is 6.42 Å². The molecule has 23 heteroatoms. The van der Waals surface area contributed by atoms with E-state index in [2.05, 4.69) is 18.1 Å². The highest BCUT2D eigenvalue weighted by Crippen LogP contribution is 2.59. The second kappa shape index (κ2) is 12.7. The van der Waals surface area contributed by atoms with Gasteiger partial charge in [0.05, 0.1) is 0 Å². The molecule has 0 radical (unpaired) electrons. The minimum absolute atomic E-state index is 0.0213. The van der Waals surface area contributed by atoms with Crippen molar-refractivity contribution < 1.29 is 86.3 Å². The Labute approximate surface area is 183 Å². The molecule has 1 rings (SSSR count). The fraction of sp³-hybridized carbons (Fsp3) is 0.800. The number of aliphatic carboxylic acids is 1. The van der Waals surface area contributed by atoms with E-state index < -0.39 is 72.3 Å². The lowest BCUT2D eigenvalue weighted by atomic mass is 10.1. The maximum atomic E-state index is 11.3. The number of ether oxygens (including phenoxy) is 1. The average molecular weight is 552 g/mol. The number of aliphatic hydroxyl groups excluding tert-OH is 3. The SMILES string of the molecule is NC(=O)CC[C@H](N)C(=O)O.O=P(O)(O)OC(O)[C@H]1OC(OP(=O)(O)OP(=O)(O)O)[C@H](O)[C@@H]1O. The van der Waals surface area contributed by atoms with Crippen molar-refractivity contribution in [3.05, 3.63) is 0 Å². The zero-order valence-corrected chi connectivity index (χ0v) is 18.8. The van der Waals surface area contributed by atoms with E-state index >= 15 is 0 Å². The smallest absolute Gasteiger partial charge is 0.480 e. The van der Waals surface area contributed by atoms with Crippen LogP contribution in [0.5, 0.6) is 0 Å². The van der Waals surface area contributed by atoms with Gasteiger partial charge in [0.15, 0.2) is 12.6 Å². The molecule has 1 heterocycles. The summed E-state index contributed by atoms with van der Waals surface area (Å²) in [7, 11) is -16.1. The van der Waals surface area contributed by atoms with Crippen molar-refractivity contribution in [3.63, 3.8) is 0 Å². The van der Waals surface area contributed by atoms with Crippen molar-refractivity contribution in [2.24, 2.45) is 11.5 Å². The topological polar surface area (TPSA) is 356 Å². The number of phosphoric ester groups is 2. The van der Waals surface area contributed by atoms with Crippen LogP contribution in [-0.2, 0) is 41.4 Å². The quantitative estimate of drug-likeness (QED) is 0.0853. The highest BCUT2D eigenvalue weighted by Gasteiger charge is 2.51. The Kier molecular flexibility index (Phi) is 12.4. The normalized spacial score (nSPS) is 27.1. The lowest BCUT2D eigenvalue weighted by Gasteiger charge is -2.21. The Morgan fingerprint density at radius 1 is 1.00 bits per heavy atom. The van der Waals surface area contributed by atoms with E-state index in [1.807, 2.05) is 0 Å². The molecule has 0 bridgehead atoms. The summed E-state index contributed by atoms with van der Waals surface area (Å²) in [6.45, 7) is 0. The molecule has 1 aliphatic rings. The average Bonchev–Trinajstić information content (AvgIpc) is 2.84. The van der Waals surface area contributed by atoms with Crippen molar-refractivity contribution >= 4 is 35.3 Å². The molecule has 1 fully saturated rings. The molecule has 196 valence electrons. The lowest BCUT2D eigenvalue weighted by Crippen LogP contribution is -2.39. The number of nitrogens with two attached hydrogens (primary N) is 2. The molecule has 0 aromatic carbocycles. The van der Waals surface area contributed by atoms with Gasteiger partial charge in [-0.1, -0.05) is 0 Å². The van der Waals surface area contributed by atoms with Crippen LogP contribution in [0.4, 0.5) is 0 Å². The molecule has 1 saturated heterocycles. The molecule has 0 aromatic heterocycles. The van der Waals surface area contributed by atoms with E-state index in [1.54, 1.807) is 0 Å². The Morgan fingerprint density at radius 3 is 1.91 bits per heavy atom. The summed E-state index contributed by atoms with van der Waals surface area (Å²) >= 11 is 0. The molecule has 0 aromatic rings. The Morgan fingerprint density at radius 2 is 1.52 bits per heavy atom. The molecule has 3 unspecified atom stereocenters. The first-order valence-electron chi connectivity index (χ1n) is 8.13. The molecule has 33 heavy (non-hydrogen) atoms. The minimum atomic E-state index is -5.46. The van der Waals surface area contributed by atoms with Crippen molar-refractivity contribution in [1.29, 1.82) is 0 Å². The van der Waals surface area contributed by atoms with Crippen LogP contribution in [0.3, 0.4) is 0 Å². The second-order valence-electron chi connectivity index (χ2n) is 6.03. The monoisotopic (exact) mass is 552 g/mol. The van der Waals surface area contributed by atoms with Gasteiger partial charge < -0.3 is 61.1 Å². The van der Waals surface area contributed by atoms with Gasteiger partial charge >= 0.3 is 29.4 Å². The maximum absolute atomic E-state index is 11.3. The van der Waals surface area contributed by atoms with Crippen LogP contribution in [0.15, 0.2) is 0 Å². The Hall–Kier alpha value is -0.890. The van der Waals surface area contributed by atoms with Crippen LogP contribution in [0, 0.1) is 0 Å². The van der Waals surface area contributed by atoms with Crippen LogP contribution < -0.4 is 11.5 Å². The predicted molar refractivity (Wildman–Crippen MR) is 97.9 cm³/mol. The number of carbonyl (C=O) groups excluding carboxylic acids is 1. The Balaban J connectivity index is 0.000000861. The van der Waals surface area contributed by atoms with Crippen LogP contribution in [0.2, 0.25) is 0 Å². The van der Waals surface area contributed by atoms with E-state index in [0.29, 0.717) is 0 Å². The van der Waals surface area contributed by atoms with Gasteiger partial charge in [-0.2, -0.15) is 4.31 Å². The summed E-state index contributed by atoms with van der Waals surface area (Å²) < 4.78 is 48.1. The molecule has 1 amide bonds. The van der Waals surface area contributed by atoms with Gasteiger partial charge in [-0.25, -0.2) is 13.7 Å². The van der Waals surface area contributed by atoms with Crippen LogP contribution in [0.1, 0.15) is 12.8 Å². The number of amides is 1. The maximum Gasteiger partial charge on any atom is 0.483 e. The summed E-state index contributed by atoms with van der Waals surface area (Å²) in [5.41, 5.74) is 9.81.